The van der Waals surface area contributed by atoms with E-state index in [2.05, 4.69) is 55.7 Å². The first kappa shape index (κ1) is 17.8. The molecule has 5 heteroatoms. The number of hydrogen-bond acceptors (Lipinski definition) is 3. The zero-order valence-electron chi connectivity index (χ0n) is 14.4. The van der Waals surface area contributed by atoms with Crippen LogP contribution in [0, 0.1) is 0 Å². The minimum absolute atomic E-state index is 0.0708. The van der Waals surface area contributed by atoms with Crippen LogP contribution in [0.4, 0.5) is 4.79 Å². The van der Waals surface area contributed by atoms with Crippen LogP contribution in [-0.2, 0) is 0 Å². The highest BCUT2D eigenvalue weighted by Crippen LogP contribution is 2.18. The van der Waals surface area contributed by atoms with Gasteiger partial charge in [-0.3, -0.25) is 0 Å². The maximum Gasteiger partial charge on any atom is 0.407 e. The molecule has 23 heavy (non-hydrogen) atoms. The molecule has 1 aliphatic rings. The number of nitrogens with zero attached hydrogens (tertiary/aromatic N) is 1. The van der Waals surface area contributed by atoms with Gasteiger partial charge in [0.25, 0.3) is 0 Å². The minimum atomic E-state index is -0.808. The van der Waals surface area contributed by atoms with Gasteiger partial charge >= 0.3 is 6.09 Å². The zero-order valence-corrected chi connectivity index (χ0v) is 14.4. The van der Waals surface area contributed by atoms with Crippen molar-refractivity contribution in [2.24, 2.45) is 0 Å². The molecule has 1 aromatic rings. The van der Waals surface area contributed by atoms with E-state index in [0.29, 0.717) is 19.1 Å². The number of carboxylic acid groups (broad SMARTS) is 1. The normalized spacial score (nSPS) is 18.0. The summed E-state index contributed by atoms with van der Waals surface area (Å²) in [4.78, 5) is 12.5. The van der Waals surface area contributed by atoms with Crippen LogP contribution >= 0.6 is 0 Å². The van der Waals surface area contributed by atoms with Gasteiger partial charge in [-0.1, -0.05) is 30.3 Å². The number of amides is 1. The molecule has 1 saturated heterocycles. The Hall–Kier alpha value is -1.59. The van der Waals surface area contributed by atoms with Crippen LogP contribution in [0.2, 0.25) is 0 Å². The lowest BCUT2D eigenvalue weighted by Crippen LogP contribution is -2.48. The predicted molar refractivity (Wildman–Crippen MR) is 92.7 cm³/mol. The zero-order chi connectivity index (χ0) is 16.9. The number of likely N-dealkylation sites (tertiary alicyclic amines) is 1. The maximum atomic E-state index is 11.0. The predicted octanol–water partition coefficient (Wildman–Crippen LogP) is 2.85. The largest absolute Gasteiger partial charge is 0.465 e. The van der Waals surface area contributed by atoms with Gasteiger partial charge < -0.3 is 20.6 Å². The van der Waals surface area contributed by atoms with Gasteiger partial charge in [0.05, 0.1) is 0 Å². The number of carbonyl (C=O) groups is 1. The van der Waals surface area contributed by atoms with Crippen LogP contribution in [0.5, 0.6) is 0 Å². The highest BCUT2D eigenvalue weighted by molar-refractivity contribution is 5.65. The van der Waals surface area contributed by atoms with Crippen molar-refractivity contribution >= 4 is 6.09 Å². The van der Waals surface area contributed by atoms with Crippen LogP contribution in [0.1, 0.15) is 45.2 Å². The molecule has 0 aliphatic carbocycles. The average molecular weight is 319 g/mol. The lowest BCUT2D eigenvalue weighted by atomic mass is 10.00. The summed E-state index contributed by atoms with van der Waals surface area (Å²) in [6.45, 7) is 8.58. The highest BCUT2D eigenvalue weighted by atomic mass is 16.4. The van der Waals surface area contributed by atoms with Crippen molar-refractivity contribution in [3.8, 4) is 0 Å². The van der Waals surface area contributed by atoms with Crippen LogP contribution in [0.3, 0.4) is 0 Å². The van der Waals surface area contributed by atoms with E-state index >= 15 is 0 Å². The first-order valence-electron chi connectivity index (χ1n) is 8.39. The van der Waals surface area contributed by atoms with Crippen molar-refractivity contribution in [2.75, 3.05) is 19.6 Å². The van der Waals surface area contributed by atoms with Crippen LogP contribution in [0.25, 0.3) is 0 Å². The smallest absolute Gasteiger partial charge is 0.407 e. The van der Waals surface area contributed by atoms with E-state index in [-0.39, 0.29) is 11.6 Å². The first-order chi connectivity index (χ1) is 10.8. The SMILES string of the molecule is CC(C)(C)NC[C@H](NC1CCN(C(=O)O)CC1)c1ccccc1. The molecule has 0 unspecified atom stereocenters. The fourth-order valence-corrected chi connectivity index (χ4v) is 2.89. The van der Waals surface area contributed by atoms with Gasteiger partial charge in [-0.25, -0.2) is 4.79 Å². The maximum absolute atomic E-state index is 11.0. The minimum Gasteiger partial charge on any atom is -0.465 e. The van der Waals surface area contributed by atoms with Gasteiger partial charge in [0.1, 0.15) is 0 Å². The molecule has 128 valence electrons. The molecule has 0 bridgehead atoms. The lowest BCUT2D eigenvalue weighted by Gasteiger charge is -2.34. The summed E-state index contributed by atoms with van der Waals surface area (Å²) in [6, 6.07) is 11.0. The Morgan fingerprint density at radius 2 is 1.87 bits per heavy atom. The van der Waals surface area contributed by atoms with Gasteiger partial charge in [-0.2, -0.15) is 0 Å². The molecule has 2 rings (SSSR count). The molecule has 1 amide bonds. The van der Waals surface area contributed by atoms with Crippen molar-refractivity contribution in [1.29, 1.82) is 0 Å². The molecule has 0 aromatic heterocycles. The van der Waals surface area contributed by atoms with Gasteiger partial charge in [-0.15, -0.1) is 0 Å². The molecule has 0 saturated carbocycles. The second-order valence-corrected chi connectivity index (χ2v) is 7.30. The Morgan fingerprint density at radius 3 is 2.39 bits per heavy atom. The second-order valence-electron chi connectivity index (χ2n) is 7.30. The molecular formula is C18H29N3O2. The Labute approximate surface area is 139 Å². The summed E-state index contributed by atoms with van der Waals surface area (Å²) in [7, 11) is 0. The molecule has 1 fully saturated rings. The summed E-state index contributed by atoms with van der Waals surface area (Å²) in [5.41, 5.74) is 1.34. The molecule has 3 N–H and O–H groups in total. The van der Waals surface area contributed by atoms with Crippen molar-refractivity contribution in [3.63, 3.8) is 0 Å². The molecule has 1 heterocycles. The molecule has 1 aromatic carbocycles. The van der Waals surface area contributed by atoms with Gasteiger partial charge in [-0.05, 0) is 39.2 Å². The van der Waals surface area contributed by atoms with Gasteiger partial charge in [0.2, 0.25) is 0 Å². The third kappa shape index (κ3) is 5.84. The van der Waals surface area contributed by atoms with E-state index in [1.54, 1.807) is 0 Å². The summed E-state index contributed by atoms with van der Waals surface area (Å²) in [5.74, 6) is 0. The fraction of sp³-hybridized carbons (Fsp3) is 0.611. The van der Waals surface area contributed by atoms with Gasteiger partial charge in [0, 0.05) is 37.3 Å². The third-order valence-electron chi connectivity index (χ3n) is 4.24. The number of benzene rings is 1. The Kier molecular flexibility index (Phi) is 6.02. The Balaban J connectivity index is 1.96. The Bertz CT molecular complexity index is 491. The summed E-state index contributed by atoms with van der Waals surface area (Å²) < 4.78 is 0. The number of rotatable bonds is 5. The molecular weight excluding hydrogens is 290 g/mol. The fourth-order valence-electron chi connectivity index (χ4n) is 2.89. The molecule has 0 spiro atoms. The molecule has 1 atom stereocenters. The van der Waals surface area contributed by atoms with Crippen molar-refractivity contribution in [2.45, 2.75) is 51.2 Å². The monoisotopic (exact) mass is 319 g/mol. The molecule has 1 aliphatic heterocycles. The van der Waals surface area contributed by atoms with E-state index in [4.69, 9.17) is 5.11 Å². The van der Waals surface area contributed by atoms with Crippen LogP contribution < -0.4 is 10.6 Å². The van der Waals surface area contributed by atoms with Crippen molar-refractivity contribution in [3.05, 3.63) is 35.9 Å². The summed E-state index contributed by atoms with van der Waals surface area (Å²) >= 11 is 0. The van der Waals surface area contributed by atoms with Crippen molar-refractivity contribution in [1.82, 2.24) is 15.5 Å². The van der Waals surface area contributed by atoms with Crippen LogP contribution in [-0.4, -0.2) is 47.3 Å². The van der Waals surface area contributed by atoms with Gasteiger partial charge in [0.15, 0.2) is 0 Å². The summed E-state index contributed by atoms with van der Waals surface area (Å²) in [6.07, 6.45) is 0.925. The quantitative estimate of drug-likeness (QED) is 0.781. The first-order valence-corrected chi connectivity index (χ1v) is 8.39. The van der Waals surface area contributed by atoms with E-state index in [9.17, 15) is 4.79 Å². The van der Waals surface area contributed by atoms with E-state index in [1.165, 1.54) is 10.5 Å². The van der Waals surface area contributed by atoms with Crippen molar-refractivity contribution < 1.29 is 9.90 Å². The number of piperidine rings is 1. The highest BCUT2D eigenvalue weighted by Gasteiger charge is 2.25. The summed E-state index contributed by atoms with van der Waals surface area (Å²) in [5, 5.41) is 16.3. The molecule has 5 nitrogen and oxygen atoms in total. The number of hydrogen-bond donors (Lipinski definition) is 3. The van der Waals surface area contributed by atoms with E-state index in [1.807, 2.05) is 6.07 Å². The lowest BCUT2D eigenvalue weighted by molar-refractivity contribution is 0.127. The van der Waals surface area contributed by atoms with E-state index < -0.39 is 6.09 Å². The van der Waals surface area contributed by atoms with E-state index in [0.717, 1.165) is 19.4 Å². The standard InChI is InChI=1S/C18H29N3O2/c1-18(2,3)19-13-16(14-7-5-4-6-8-14)20-15-9-11-21(12-10-15)17(22)23/h4-8,15-16,19-20H,9-13H2,1-3H3,(H,22,23)/t16-/m0/s1. The van der Waals surface area contributed by atoms with Crippen LogP contribution in [0.15, 0.2) is 30.3 Å². The molecule has 0 radical (unpaired) electrons. The number of nitrogens with one attached hydrogen (secondary N) is 2. The topological polar surface area (TPSA) is 64.6 Å². The Morgan fingerprint density at radius 1 is 1.26 bits per heavy atom. The average Bonchev–Trinajstić information content (AvgIpc) is 2.52. The third-order valence-corrected chi connectivity index (χ3v) is 4.24. The second kappa shape index (κ2) is 7.79.